The fourth-order valence-corrected chi connectivity index (χ4v) is 2.19. The predicted molar refractivity (Wildman–Crippen MR) is 62.9 cm³/mol. The van der Waals surface area contributed by atoms with E-state index in [-0.39, 0.29) is 30.4 Å². The van der Waals surface area contributed by atoms with Crippen LogP contribution >= 0.6 is 0 Å². The Morgan fingerprint density at radius 2 is 2.06 bits per heavy atom. The number of hydrogen-bond acceptors (Lipinski definition) is 4. The molecule has 0 aromatic heterocycles. The summed E-state index contributed by atoms with van der Waals surface area (Å²) in [6.07, 6.45) is 3.48. The molecule has 1 saturated carbocycles. The lowest BCUT2D eigenvalue weighted by Crippen LogP contribution is -2.52. The molecular formula is C11H21N3O3. The summed E-state index contributed by atoms with van der Waals surface area (Å²) in [6.45, 7) is 0.166. The minimum absolute atomic E-state index is 0.166. The zero-order valence-electron chi connectivity index (χ0n) is 10.1. The average molecular weight is 243 g/mol. The minimum atomic E-state index is -0.699. The van der Waals surface area contributed by atoms with E-state index in [1.54, 1.807) is 0 Å². The van der Waals surface area contributed by atoms with E-state index in [1.165, 1.54) is 7.11 Å². The molecule has 0 saturated heterocycles. The van der Waals surface area contributed by atoms with Crippen LogP contribution in [0.25, 0.3) is 0 Å². The van der Waals surface area contributed by atoms with E-state index in [0.717, 1.165) is 25.7 Å². The third-order valence-corrected chi connectivity index (χ3v) is 3.14. The van der Waals surface area contributed by atoms with Crippen LogP contribution in [0.15, 0.2) is 0 Å². The molecule has 1 aliphatic rings. The van der Waals surface area contributed by atoms with E-state index in [2.05, 4.69) is 5.32 Å². The Labute approximate surface area is 101 Å². The quantitative estimate of drug-likeness (QED) is 0.582. The Balaban J connectivity index is 2.52. The van der Waals surface area contributed by atoms with Crippen LogP contribution < -0.4 is 16.8 Å². The molecule has 0 aromatic rings. The number of carbonyl (C=O) groups is 2. The summed E-state index contributed by atoms with van der Waals surface area (Å²) in [6, 6.07) is -0.882. The SMILES string of the molecule is COCC(N)C(=O)NC1CCCCC1C(N)=O. The molecule has 2 amide bonds. The Bertz CT molecular complexity index is 283. The molecule has 6 heteroatoms. The van der Waals surface area contributed by atoms with E-state index < -0.39 is 6.04 Å². The molecule has 17 heavy (non-hydrogen) atoms. The van der Waals surface area contributed by atoms with Gasteiger partial charge in [0.05, 0.1) is 12.5 Å². The lowest BCUT2D eigenvalue weighted by molar-refractivity contribution is -0.127. The first-order valence-corrected chi connectivity index (χ1v) is 5.90. The number of ether oxygens (including phenoxy) is 1. The molecule has 0 spiro atoms. The van der Waals surface area contributed by atoms with Crippen molar-refractivity contribution in [3.8, 4) is 0 Å². The highest BCUT2D eigenvalue weighted by molar-refractivity contribution is 5.83. The number of rotatable bonds is 5. The topological polar surface area (TPSA) is 107 Å². The van der Waals surface area contributed by atoms with E-state index in [4.69, 9.17) is 16.2 Å². The molecule has 6 nitrogen and oxygen atoms in total. The number of amides is 2. The van der Waals surface area contributed by atoms with Gasteiger partial charge in [-0.2, -0.15) is 0 Å². The maximum atomic E-state index is 11.7. The van der Waals surface area contributed by atoms with Gasteiger partial charge in [-0.1, -0.05) is 12.8 Å². The van der Waals surface area contributed by atoms with Crippen molar-refractivity contribution in [1.29, 1.82) is 0 Å². The number of methoxy groups -OCH3 is 1. The van der Waals surface area contributed by atoms with Gasteiger partial charge in [0, 0.05) is 13.2 Å². The van der Waals surface area contributed by atoms with Crippen LogP contribution in [-0.4, -0.2) is 37.6 Å². The van der Waals surface area contributed by atoms with Gasteiger partial charge < -0.3 is 21.5 Å². The molecule has 3 unspecified atom stereocenters. The van der Waals surface area contributed by atoms with E-state index >= 15 is 0 Å². The highest BCUT2D eigenvalue weighted by Gasteiger charge is 2.31. The van der Waals surface area contributed by atoms with Crippen molar-refractivity contribution in [2.75, 3.05) is 13.7 Å². The standard InChI is InChI=1S/C11H21N3O3/c1-17-6-8(12)11(16)14-9-5-3-2-4-7(9)10(13)15/h7-9H,2-6,12H2,1H3,(H2,13,15)(H,14,16). The first-order chi connectivity index (χ1) is 8.06. The average Bonchev–Trinajstić information content (AvgIpc) is 2.29. The maximum absolute atomic E-state index is 11.7. The molecule has 1 aliphatic carbocycles. The van der Waals surface area contributed by atoms with Gasteiger partial charge in [0.2, 0.25) is 11.8 Å². The highest BCUT2D eigenvalue weighted by Crippen LogP contribution is 2.24. The van der Waals surface area contributed by atoms with Gasteiger partial charge >= 0.3 is 0 Å². The van der Waals surface area contributed by atoms with Crippen LogP contribution in [0.5, 0.6) is 0 Å². The summed E-state index contributed by atoms with van der Waals surface area (Å²) in [5, 5.41) is 2.79. The zero-order valence-corrected chi connectivity index (χ0v) is 10.1. The number of nitrogens with two attached hydrogens (primary N) is 2. The molecule has 1 fully saturated rings. The van der Waals surface area contributed by atoms with Crippen LogP contribution in [0, 0.1) is 5.92 Å². The third-order valence-electron chi connectivity index (χ3n) is 3.14. The number of primary amides is 1. The summed E-state index contributed by atoms with van der Waals surface area (Å²) in [4.78, 5) is 23.0. The van der Waals surface area contributed by atoms with Crippen molar-refractivity contribution >= 4 is 11.8 Å². The van der Waals surface area contributed by atoms with Gasteiger partial charge in [-0.15, -0.1) is 0 Å². The van der Waals surface area contributed by atoms with E-state index in [9.17, 15) is 9.59 Å². The fraction of sp³-hybridized carbons (Fsp3) is 0.818. The Morgan fingerprint density at radius 3 is 2.65 bits per heavy atom. The minimum Gasteiger partial charge on any atom is -0.383 e. The lowest BCUT2D eigenvalue weighted by Gasteiger charge is -2.30. The Hall–Kier alpha value is -1.14. The number of carbonyl (C=O) groups excluding carboxylic acids is 2. The van der Waals surface area contributed by atoms with E-state index in [0.29, 0.717) is 0 Å². The summed E-state index contributed by atoms with van der Waals surface area (Å²) in [5.74, 6) is -0.914. The normalized spacial score (nSPS) is 26.2. The second-order valence-electron chi connectivity index (χ2n) is 4.47. The van der Waals surface area contributed by atoms with Crippen molar-refractivity contribution in [1.82, 2.24) is 5.32 Å². The second kappa shape index (κ2) is 6.56. The van der Waals surface area contributed by atoms with Gasteiger partial charge in [0.25, 0.3) is 0 Å². The van der Waals surface area contributed by atoms with Gasteiger partial charge in [-0.25, -0.2) is 0 Å². The molecular weight excluding hydrogens is 222 g/mol. The maximum Gasteiger partial charge on any atom is 0.239 e. The molecule has 0 aromatic carbocycles. The van der Waals surface area contributed by atoms with Crippen molar-refractivity contribution in [2.45, 2.75) is 37.8 Å². The van der Waals surface area contributed by atoms with Crippen molar-refractivity contribution < 1.29 is 14.3 Å². The second-order valence-corrected chi connectivity index (χ2v) is 4.47. The molecule has 0 aliphatic heterocycles. The van der Waals surface area contributed by atoms with Crippen molar-refractivity contribution in [2.24, 2.45) is 17.4 Å². The van der Waals surface area contributed by atoms with Gasteiger partial charge in [-0.3, -0.25) is 9.59 Å². The smallest absolute Gasteiger partial charge is 0.239 e. The first kappa shape index (κ1) is 13.9. The molecule has 0 radical (unpaired) electrons. The first-order valence-electron chi connectivity index (χ1n) is 5.90. The van der Waals surface area contributed by atoms with Crippen LogP contribution in [-0.2, 0) is 14.3 Å². The monoisotopic (exact) mass is 243 g/mol. The largest absolute Gasteiger partial charge is 0.383 e. The fourth-order valence-electron chi connectivity index (χ4n) is 2.19. The Morgan fingerprint density at radius 1 is 1.41 bits per heavy atom. The van der Waals surface area contributed by atoms with Crippen LogP contribution in [0.4, 0.5) is 0 Å². The van der Waals surface area contributed by atoms with Gasteiger partial charge in [0.1, 0.15) is 6.04 Å². The molecule has 5 N–H and O–H groups in total. The summed E-state index contributed by atoms with van der Waals surface area (Å²) in [7, 11) is 1.49. The summed E-state index contributed by atoms with van der Waals surface area (Å²) < 4.78 is 4.81. The molecule has 0 bridgehead atoms. The highest BCUT2D eigenvalue weighted by atomic mass is 16.5. The molecule has 1 rings (SSSR count). The predicted octanol–water partition coefficient (Wildman–Crippen LogP) is -0.880. The van der Waals surface area contributed by atoms with Crippen LogP contribution in [0.3, 0.4) is 0 Å². The van der Waals surface area contributed by atoms with Crippen LogP contribution in [0.2, 0.25) is 0 Å². The van der Waals surface area contributed by atoms with Crippen molar-refractivity contribution in [3.63, 3.8) is 0 Å². The molecule has 3 atom stereocenters. The Kier molecular flexibility index (Phi) is 5.37. The molecule has 0 heterocycles. The number of nitrogens with one attached hydrogen (secondary N) is 1. The lowest BCUT2D eigenvalue weighted by atomic mass is 9.84. The number of hydrogen-bond donors (Lipinski definition) is 3. The van der Waals surface area contributed by atoms with Gasteiger partial charge in [-0.05, 0) is 12.8 Å². The van der Waals surface area contributed by atoms with Gasteiger partial charge in [0.15, 0.2) is 0 Å². The molecule has 98 valence electrons. The summed E-state index contributed by atoms with van der Waals surface area (Å²) >= 11 is 0. The van der Waals surface area contributed by atoms with Crippen molar-refractivity contribution in [3.05, 3.63) is 0 Å². The van der Waals surface area contributed by atoms with Crippen LogP contribution in [0.1, 0.15) is 25.7 Å². The zero-order chi connectivity index (χ0) is 12.8. The summed E-state index contributed by atoms with van der Waals surface area (Å²) in [5.41, 5.74) is 10.9. The van der Waals surface area contributed by atoms with E-state index in [1.807, 2.05) is 0 Å². The third kappa shape index (κ3) is 3.98.